The van der Waals surface area contributed by atoms with Crippen molar-refractivity contribution in [2.45, 2.75) is 39.3 Å². The Bertz CT molecular complexity index is 650. The molecule has 3 heteroatoms. The van der Waals surface area contributed by atoms with Crippen LogP contribution in [0.25, 0.3) is 0 Å². The van der Waals surface area contributed by atoms with E-state index in [2.05, 4.69) is 30.4 Å². The monoisotopic (exact) mass is 301 g/mol. The molecule has 0 amide bonds. The first-order valence-corrected chi connectivity index (χ1v) is 7.76. The molecule has 0 spiro atoms. The largest absolute Gasteiger partial charge is 0.456 e. The molecule has 2 aromatic carbocycles. The second kappa shape index (κ2) is 6.08. The lowest BCUT2D eigenvalue weighted by atomic mass is 10.1. The first kappa shape index (κ1) is 14.4. The number of benzene rings is 2. The predicted octanol–water partition coefficient (Wildman–Crippen LogP) is 5.00. The quantitative estimate of drug-likeness (QED) is 0.839. The molecule has 2 nitrogen and oxygen atoms in total. The Morgan fingerprint density at radius 2 is 1.90 bits per heavy atom. The topological polar surface area (TPSA) is 21.3 Å². The molecule has 0 bridgehead atoms. The summed E-state index contributed by atoms with van der Waals surface area (Å²) in [4.78, 5) is 0. The van der Waals surface area contributed by atoms with E-state index in [0.717, 1.165) is 23.4 Å². The van der Waals surface area contributed by atoms with Crippen LogP contribution >= 0.6 is 11.6 Å². The summed E-state index contributed by atoms with van der Waals surface area (Å²) in [5.74, 6) is 1.59. The Hall–Kier alpha value is -1.51. The average molecular weight is 302 g/mol. The molecule has 2 aromatic rings. The minimum atomic E-state index is 0.640. The summed E-state index contributed by atoms with van der Waals surface area (Å²) in [5, 5.41) is 4.16. The molecule has 0 unspecified atom stereocenters. The molecule has 0 atom stereocenters. The molecule has 0 aromatic heterocycles. The molecule has 1 fully saturated rings. The van der Waals surface area contributed by atoms with E-state index in [-0.39, 0.29) is 0 Å². The smallest absolute Gasteiger partial charge is 0.146 e. The molecule has 0 radical (unpaired) electrons. The summed E-state index contributed by atoms with van der Waals surface area (Å²) >= 11 is 6.21. The highest BCUT2D eigenvalue weighted by Crippen LogP contribution is 2.32. The second-order valence-corrected chi connectivity index (χ2v) is 6.20. The minimum Gasteiger partial charge on any atom is -0.456 e. The number of nitrogens with one attached hydrogen (secondary N) is 1. The number of halogens is 1. The number of hydrogen-bond donors (Lipinski definition) is 1. The number of rotatable bonds is 5. The van der Waals surface area contributed by atoms with Gasteiger partial charge in [0.25, 0.3) is 0 Å². The predicted molar refractivity (Wildman–Crippen MR) is 87.3 cm³/mol. The van der Waals surface area contributed by atoms with Crippen molar-refractivity contribution in [2.24, 2.45) is 0 Å². The highest BCUT2D eigenvalue weighted by atomic mass is 35.5. The van der Waals surface area contributed by atoms with Crippen LogP contribution in [-0.2, 0) is 6.54 Å². The zero-order valence-electron chi connectivity index (χ0n) is 12.4. The van der Waals surface area contributed by atoms with Crippen LogP contribution in [0.3, 0.4) is 0 Å². The van der Waals surface area contributed by atoms with Gasteiger partial charge in [-0.05, 0) is 61.6 Å². The van der Waals surface area contributed by atoms with Gasteiger partial charge >= 0.3 is 0 Å². The van der Waals surface area contributed by atoms with E-state index >= 15 is 0 Å². The van der Waals surface area contributed by atoms with E-state index in [1.165, 1.54) is 18.4 Å². The molecule has 21 heavy (non-hydrogen) atoms. The summed E-state index contributed by atoms with van der Waals surface area (Å²) in [6, 6.07) is 12.9. The van der Waals surface area contributed by atoms with E-state index in [9.17, 15) is 0 Å². The van der Waals surface area contributed by atoms with Crippen molar-refractivity contribution in [3.8, 4) is 11.5 Å². The minimum absolute atomic E-state index is 0.640. The lowest BCUT2D eigenvalue weighted by Gasteiger charge is -2.13. The van der Waals surface area contributed by atoms with Gasteiger partial charge in [0.05, 0.1) is 5.02 Å². The van der Waals surface area contributed by atoms with Gasteiger partial charge in [0.1, 0.15) is 11.5 Å². The summed E-state index contributed by atoms with van der Waals surface area (Å²) in [6.45, 7) is 4.98. The first-order chi connectivity index (χ1) is 10.1. The first-order valence-electron chi connectivity index (χ1n) is 7.39. The van der Waals surface area contributed by atoms with Gasteiger partial charge in [0.2, 0.25) is 0 Å². The molecule has 1 aliphatic rings. The number of aryl methyl sites for hydroxylation is 2. The van der Waals surface area contributed by atoms with E-state index in [0.29, 0.717) is 16.8 Å². The van der Waals surface area contributed by atoms with Crippen LogP contribution in [0, 0.1) is 13.8 Å². The zero-order valence-corrected chi connectivity index (χ0v) is 13.2. The second-order valence-electron chi connectivity index (χ2n) is 5.79. The van der Waals surface area contributed by atoms with E-state index in [1.54, 1.807) is 0 Å². The van der Waals surface area contributed by atoms with Crippen LogP contribution in [0.2, 0.25) is 5.02 Å². The fourth-order valence-corrected chi connectivity index (χ4v) is 2.38. The summed E-state index contributed by atoms with van der Waals surface area (Å²) in [7, 11) is 0. The van der Waals surface area contributed by atoms with E-state index < -0.39 is 0 Å². The van der Waals surface area contributed by atoms with Gasteiger partial charge in [-0.15, -0.1) is 0 Å². The van der Waals surface area contributed by atoms with Crippen molar-refractivity contribution < 1.29 is 4.74 Å². The molecule has 3 rings (SSSR count). The maximum absolute atomic E-state index is 6.21. The molecular weight excluding hydrogens is 282 g/mol. The Labute approximate surface area is 131 Å². The highest BCUT2D eigenvalue weighted by molar-refractivity contribution is 6.32. The van der Waals surface area contributed by atoms with Crippen LogP contribution in [0.5, 0.6) is 11.5 Å². The fourth-order valence-electron chi connectivity index (χ4n) is 2.22. The van der Waals surface area contributed by atoms with Gasteiger partial charge in [0.15, 0.2) is 0 Å². The average Bonchev–Trinajstić information content (AvgIpc) is 3.28. The third-order valence-corrected chi connectivity index (χ3v) is 4.04. The third-order valence-electron chi connectivity index (χ3n) is 3.73. The molecule has 0 saturated heterocycles. The fraction of sp³-hybridized carbons (Fsp3) is 0.333. The lowest BCUT2D eigenvalue weighted by Crippen LogP contribution is -2.15. The number of ether oxygens (including phenoxy) is 1. The highest BCUT2D eigenvalue weighted by Gasteiger charge is 2.20. The van der Waals surface area contributed by atoms with Gasteiger partial charge in [-0.3, -0.25) is 0 Å². The van der Waals surface area contributed by atoms with E-state index in [1.807, 2.05) is 25.1 Å². The third kappa shape index (κ3) is 3.78. The molecular formula is C18H20ClNO. The molecule has 1 N–H and O–H groups in total. The van der Waals surface area contributed by atoms with Crippen molar-refractivity contribution >= 4 is 11.6 Å². The van der Waals surface area contributed by atoms with Crippen molar-refractivity contribution in [3.05, 3.63) is 58.1 Å². The van der Waals surface area contributed by atoms with Crippen LogP contribution in [0.4, 0.5) is 0 Å². The Balaban J connectivity index is 1.79. The van der Waals surface area contributed by atoms with Crippen LogP contribution in [-0.4, -0.2) is 6.04 Å². The zero-order chi connectivity index (χ0) is 14.8. The summed E-state index contributed by atoms with van der Waals surface area (Å²) < 4.78 is 6.02. The normalized spacial score (nSPS) is 14.2. The van der Waals surface area contributed by atoms with E-state index in [4.69, 9.17) is 16.3 Å². The van der Waals surface area contributed by atoms with Gasteiger partial charge in [-0.2, -0.15) is 0 Å². The van der Waals surface area contributed by atoms with Gasteiger partial charge in [0, 0.05) is 12.6 Å². The van der Waals surface area contributed by atoms with Gasteiger partial charge < -0.3 is 10.1 Å². The Kier molecular flexibility index (Phi) is 4.18. The molecule has 110 valence electrons. The van der Waals surface area contributed by atoms with Crippen molar-refractivity contribution in [1.82, 2.24) is 5.32 Å². The van der Waals surface area contributed by atoms with Crippen LogP contribution in [0.1, 0.15) is 29.5 Å². The SMILES string of the molecule is Cc1ccc(Cl)c(Oc2cc(CNC3CC3)ccc2C)c1. The number of hydrogen-bond acceptors (Lipinski definition) is 2. The standard InChI is InChI=1S/C18H20ClNO/c1-12-3-8-16(19)18(9-12)21-17-10-14(5-4-13(17)2)11-20-15-6-7-15/h3-5,8-10,15,20H,6-7,11H2,1-2H3. The molecule has 0 heterocycles. The molecule has 1 aliphatic carbocycles. The van der Waals surface area contributed by atoms with Crippen molar-refractivity contribution in [1.29, 1.82) is 0 Å². The molecule has 1 saturated carbocycles. The maximum atomic E-state index is 6.21. The summed E-state index contributed by atoms with van der Waals surface area (Å²) in [6.07, 6.45) is 2.60. The van der Waals surface area contributed by atoms with Crippen molar-refractivity contribution in [3.63, 3.8) is 0 Å². The van der Waals surface area contributed by atoms with Crippen LogP contribution < -0.4 is 10.1 Å². The Morgan fingerprint density at radius 1 is 1.10 bits per heavy atom. The lowest BCUT2D eigenvalue weighted by molar-refractivity contribution is 0.477. The molecule has 0 aliphatic heterocycles. The maximum Gasteiger partial charge on any atom is 0.146 e. The van der Waals surface area contributed by atoms with Gasteiger partial charge in [-0.1, -0.05) is 29.8 Å². The Morgan fingerprint density at radius 3 is 2.67 bits per heavy atom. The van der Waals surface area contributed by atoms with Crippen LogP contribution in [0.15, 0.2) is 36.4 Å². The van der Waals surface area contributed by atoms with Crippen molar-refractivity contribution in [2.75, 3.05) is 0 Å². The van der Waals surface area contributed by atoms with Gasteiger partial charge in [-0.25, -0.2) is 0 Å². The summed E-state index contributed by atoms with van der Waals surface area (Å²) in [5.41, 5.74) is 3.49.